The molecule has 1 saturated heterocycles. The summed E-state index contributed by atoms with van der Waals surface area (Å²) >= 11 is 0. The highest BCUT2D eigenvalue weighted by atomic mass is 28.4. The van der Waals surface area contributed by atoms with E-state index in [9.17, 15) is 9.59 Å². The van der Waals surface area contributed by atoms with Gasteiger partial charge in [-0.25, -0.2) is 0 Å². The number of amides is 1. The molecule has 0 saturated carbocycles. The molecule has 0 unspecified atom stereocenters. The van der Waals surface area contributed by atoms with Crippen LogP contribution in [0.25, 0.3) is 0 Å². The second-order valence-corrected chi connectivity index (χ2v) is 10.4. The molecule has 2 heterocycles. The quantitative estimate of drug-likeness (QED) is 0.582. The smallest absolute Gasteiger partial charge is 0.313 e. The summed E-state index contributed by atoms with van der Waals surface area (Å²) in [6.07, 6.45) is 4.74. The molecule has 0 N–H and O–H groups in total. The number of rotatable bonds is 3. The van der Waals surface area contributed by atoms with Crippen LogP contribution in [0.5, 0.6) is 0 Å². The molecular formula is C13H21NO4Si. The zero-order chi connectivity index (χ0) is 14.3. The molecule has 19 heavy (non-hydrogen) atoms. The molecule has 1 amide bonds. The summed E-state index contributed by atoms with van der Waals surface area (Å²) in [6.45, 7) is 6.79. The first-order chi connectivity index (χ1) is 8.80. The number of methoxy groups -OCH3 is 1. The first-order valence-electron chi connectivity index (χ1n) is 6.59. The fraction of sp³-hybridized carbons (Fsp3) is 0.692. The monoisotopic (exact) mass is 283 g/mol. The number of carbonyl (C=O) groups excluding carboxylic acids is 2. The molecule has 2 aliphatic rings. The summed E-state index contributed by atoms with van der Waals surface area (Å²) in [4.78, 5) is 25.7. The van der Waals surface area contributed by atoms with Crippen LogP contribution in [0.4, 0.5) is 0 Å². The van der Waals surface area contributed by atoms with Gasteiger partial charge in [0.1, 0.15) is 5.92 Å². The average molecular weight is 283 g/mol. The summed E-state index contributed by atoms with van der Waals surface area (Å²) in [5, 5.41) is 0. The molecule has 0 aromatic carbocycles. The van der Waals surface area contributed by atoms with Gasteiger partial charge >= 0.3 is 5.97 Å². The normalized spacial score (nSPS) is 30.4. The molecular weight excluding hydrogens is 262 g/mol. The Morgan fingerprint density at radius 2 is 2.16 bits per heavy atom. The third-order valence-corrected chi connectivity index (χ3v) is 4.42. The summed E-state index contributed by atoms with van der Waals surface area (Å²) in [5.74, 6) is -0.810. The van der Waals surface area contributed by atoms with Crippen LogP contribution in [-0.4, -0.2) is 44.5 Å². The molecule has 2 rings (SSSR count). The number of nitrogens with zero attached hydrogens (tertiary/aromatic N) is 1. The van der Waals surface area contributed by atoms with Gasteiger partial charge in [0.05, 0.1) is 7.11 Å². The largest absolute Gasteiger partial charge is 0.469 e. The number of esters is 1. The molecule has 0 bridgehead atoms. The van der Waals surface area contributed by atoms with Crippen LogP contribution in [0, 0.1) is 5.92 Å². The highest BCUT2D eigenvalue weighted by Gasteiger charge is 2.55. The minimum Gasteiger partial charge on any atom is -0.469 e. The topological polar surface area (TPSA) is 55.8 Å². The van der Waals surface area contributed by atoms with Gasteiger partial charge in [0.15, 0.2) is 14.0 Å². The lowest BCUT2D eigenvalue weighted by Crippen LogP contribution is -2.62. The maximum Gasteiger partial charge on any atom is 0.313 e. The van der Waals surface area contributed by atoms with Crippen molar-refractivity contribution in [3.63, 3.8) is 0 Å². The van der Waals surface area contributed by atoms with Gasteiger partial charge in [0.25, 0.3) is 0 Å². The number of hydrogen-bond donors (Lipinski definition) is 0. The third kappa shape index (κ3) is 2.46. The highest BCUT2D eigenvalue weighted by molar-refractivity contribution is 6.69. The average Bonchev–Trinajstić information content (AvgIpc) is 2.63. The first-order valence-corrected chi connectivity index (χ1v) is 10.00. The van der Waals surface area contributed by atoms with Gasteiger partial charge < -0.3 is 14.1 Å². The number of carbonyl (C=O) groups is 2. The molecule has 1 fully saturated rings. The molecule has 2 aliphatic heterocycles. The van der Waals surface area contributed by atoms with E-state index >= 15 is 0 Å². The van der Waals surface area contributed by atoms with E-state index in [0.717, 1.165) is 6.42 Å². The Bertz CT molecular complexity index is 429. The van der Waals surface area contributed by atoms with Crippen molar-refractivity contribution in [2.45, 2.75) is 38.2 Å². The van der Waals surface area contributed by atoms with E-state index in [0.29, 0.717) is 13.0 Å². The number of fused-ring (bicyclic) bond motifs is 1. The first kappa shape index (κ1) is 14.3. The molecule has 0 spiro atoms. The van der Waals surface area contributed by atoms with E-state index in [4.69, 9.17) is 9.16 Å². The van der Waals surface area contributed by atoms with Crippen molar-refractivity contribution in [1.29, 1.82) is 0 Å². The molecule has 2 atom stereocenters. The lowest BCUT2D eigenvalue weighted by atomic mass is 9.87. The predicted molar refractivity (Wildman–Crippen MR) is 72.8 cm³/mol. The molecule has 0 aromatic rings. The van der Waals surface area contributed by atoms with Crippen molar-refractivity contribution in [3.05, 3.63) is 12.2 Å². The molecule has 0 aromatic heterocycles. The minimum absolute atomic E-state index is 0.0770. The van der Waals surface area contributed by atoms with E-state index in [1.807, 2.05) is 0 Å². The SMILES string of the molecule is COC(=O)[C@@H]1CCCN2C(=O)C=C[C@]12O[Si](C)(C)C. The molecule has 0 radical (unpaired) electrons. The van der Waals surface area contributed by atoms with E-state index in [1.54, 1.807) is 11.0 Å². The van der Waals surface area contributed by atoms with Gasteiger partial charge in [-0.15, -0.1) is 0 Å². The molecule has 0 aliphatic carbocycles. The van der Waals surface area contributed by atoms with Gasteiger partial charge in [-0.3, -0.25) is 9.59 Å². The maximum absolute atomic E-state index is 12.0. The Morgan fingerprint density at radius 1 is 1.47 bits per heavy atom. The van der Waals surface area contributed by atoms with E-state index in [-0.39, 0.29) is 11.9 Å². The fourth-order valence-electron chi connectivity index (χ4n) is 2.87. The molecule has 6 heteroatoms. The van der Waals surface area contributed by atoms with E-state index in [2.05, 4.69) is 19.6 Å². The Hall–Kier alpha value is -1.14. The van der Waals surface area contributed by atoms with Crippen molar-refractivity contribution >= 4 is 20.2 Å². The lowest BCUT2D eigenvalue weighted by molar-refractivity contribution is -0.173. The van der Waals surface area contributed by atoms with Crippen LogP contribution in [-0.2, 0) is 18.8 Å². The van der Waals surface area contributed by atoms with Gasteiger partial charge in [-0.05, 0) is 38.6 Å². The van der Waals surface area contributed by atoms with Crippen LogP contribution in [0.15, 0.2) is 12.2 Å². The predicted octanol–water partition coefficient (Wildman–Crippen LogP) is 1.52. The van der Waals surface area contributed by atoms with Crippen molar-refractivity contribution < 1.29 is 18.8 Å². The maximum atomic E-state index is 12.0. The summed E-state index contributed by atoms with van der Waals surface area (Å²) in [5.41, 5.74) is -0.924. The van der Waals surface area contributed by atoms with E-state index < -0.39 is 20.0 Å². The number of hydrogen-bond acceptors (Lipinski definition) is 4. The summed E-state index contributed by atoms with van der Waals surface area (Å²) in [7, 11) is -0.544. The van der Waals surface area contributed by atoms with E-state index in [1.165, 1.54) is 13.2 Å². The van der Waals surface area contributed by atoms with Crippen LogP contribution in [0.2, 0.25) is 19.6 Å². The third-order valence-electron chi connectivity index (χ3n) is 3.48. The zero-order valence-electron chi connectivity index (χ0n) is 11.9. The standard InChI is InChI=1S/C13H21NO4Si/c1-17-12(16)10-6-5-9-14-11(15)7-8-13(10,14)18-19(2,3)4/h7-8,10H,5-6,9H2,1-4H3/t10-,13-/m0/s1. The highest BCUT2D eigenvalue weighted by Crippen LogP contribution is 2.42. The minimum atomic E-state index is -1.92. The summed E-state index contributed by atoms with van der Waals surface area (Å²) < 4.78 is 11.1. The molecule has 5 nitrogen and oxygen atoms in total. The summed E-state index contributed by atoms with van der Waals surface area (Å²) in [6, 6.07) is 0. The Balaban J connectivity index is 2.41. The zero-order valence-corrected chi connectivity index (χ0v) is 12.9. The number of ether oxygens (including phenoxy) is 1. The van der Waals surface area contributed by atoms with Gasteiger partial charge in [0, 0.05) is 12.6 Å². The van der Waals surface area contributed by atoms with Crippen molar-refractivity contribution in [2.24, 2.45) is 5.92 Å². The van der Waals surface area contributed by atoms with Crippen LogP contribution >= 0.6 is 0 Å². The second kappa shape index (κ2) is 4.75. The van der Waals surface area contributed by atoms with Crippen molar-refractivity contribution in [3.8, 4) is 0 Å². The Kier molecular flexibility index (Phi) is 3.57. The lowest BCUT2D eigenvalue weighted by Gasteiger charge is -2.48. The fourth-order valence-corrected chi connectivity index (χ4v) is 4.17. The second-order valence-electron chi connectivity index (χ2n) is 6.01. The van der Waals surface area contributed by atoms with Gasteiger partial charge in [0.2, 0.25) is 5.91 Å². The van der Waals surface area contributed by atoms with Crippen molar-refractivity contribution in [2.75, 3.05) is 13.7 Å². The molecule has 106 valence electrons. The van der Waals surface area contributed by atoms with Gasteiger partial charge in [-0.2, -0.15) is 0 Å². The van der Waals surface area contributed by atoms with Crippen LogP contribution in [0.1, 0.15) is 12.8 Å². The van der Waals surface area contributed by atoms with Gasteiger partial charge in [-0.1, -0.05) is 0 Å². The Morgan fingerprint density at radius 3 is 2.74 bits per heavy atom. The Labute approximate surface area is 114 Å². The van der Waals surface area contributed by atoms with Crippen LogP contribution in [0.3, 0.4) is 0 Å². The number of piperidine rings is 1. The van der Waals surface area contributed by atoms with Crippen LogP contribution < -0.4 is 0 Å². The van der Waals surface area contributed by atoms with Crippen molar-refractivity contribution in [1.82, 2.24) is 4.90 Å².